The highest BCUT2D eigenvalue weighted by molar-refractivity contribution is 7.92. The summed E-state index contributed by atoms with van der Waals surface area (Å²) >= 11 is 0. The van der Waals surface area contributed by atoms with Crippen molar-refractivity contribution in [2.75, 3.05) is 17.4 Å². The number of hydrogen-bond donors (Lipinski definition) is 1. The molecule has 0 aliphatic carbocycles. The van der Waals surface area contributed by atoms with Crippen molar-refractivity contribution in [1.82, 2.24) is 10.2 Å². The van der Waals surface area contributed by atoms with Crippen molar-refractivity contribution in [3.8, 4) is 0 Å². The summed E-state index contributed by atoms with van der Waals surface area (Å²) in [5.41, 5.74) is 4.97. The average Bonchev–Trinajstić information content (AvgIpc) is 2.92. The van der Waals surface area contributed by atoms with Gasteiger partial charge in [0.1, 0.15) is 12.6 Å². The first-order valence-electron chi connectivity index (χ1n) is 13.8. The number of aryl methyl sites for hydroxylation is 4. The Morgan fingerprint density at radius 3 is 2.10 bits per heavy atom. The predicted molar refractivity (Wildman–Crippen MR) is 161 cm³/mol. The van der Waals surface area contributed by atoms with Crippen LogP contribution in [-0.4, -0.2) is 44.3 Å². The van der Waals surface area contributed by atoms with Crippen LogP contribution < -0.4 is 9.62 Å². The maximum Gasteiger partial charge on any atom is 0.264 e. The molecular weight excluding hydrogens is 522 g/mol. The van der Waals surface area contributed by atoms with E-state index in [0.29, 0.717) is 18.7 Å². The number of hydrogen-bond acceptors (Lipinski definition) is 4. The van der Waals surface area contributed by atoms with E-state index >= 15 is 0 Å². The maximum absolute atomic E-state index is 14.2. The summed E-state index contributed by atoms with van der Waals surface area (Å²) in [4.78, 5) is 29.0. The van der Waals surface area contributed by atoms with Gasteiger partial charge in [0.15, 0.2) is 0 Å². The van der Waals surface area contributed by atoms with Gasteiger partial charge in [-0.15, -0.1) is 0 Å². The Morgan fingerprint density at radius 1 is 0.850 bits per heavy atom. The second kappa shape index (κ2) is 13.6. The number of amides is 2. The second-order valence-corrected chi connectivity index (χ2v) is 12.1. The zero-order valence-electron chi connectivity index (χ0n) is 24.4. The molecule has 0 saturated carbocycles. The molecule has 40 heavy (non-hydrogen) atoms. The van der Waals surface area contributed by atoms with Gasteiger partial charge in [0.05, 0.1) is 10.6 Å². The molecule has 1 N–H and O–H groups in total. The van der Waals surface area contributed by atoms with Crippen LogP contribution in [0.4, 0.5) is 5.69 Å². The van der Waals surface area contributed by atoms with E-state index < -0.39 is 28.5 Å². The molecule has 0 saturated heterocycles. The van der Waals surface area contributed by atoms with Crippen LogP contribution in [0.15, 0.2) is 71.6 Å². The molecule has 0 bridgehead atoms. The molecule has 0 aliphatic rings. The first-order chi connectivity index (χ1) is 19.0. The van der Waals surface area contributed by atoms with Crippen molar-refractivity contribution in [1.29, 1.82) is 0 Å². The summed E-state index contributed by atoms with van der Waals surface area (Å²) in [6, 6.07) is 19.0. The average molecular weight is 564 g/mol. The monoisotopic (exact) mass is 563 g/mol. The van der Waals surface area contributed by atoms with Crippen molar-refractivity contribution in [2.45, 2.75) is 71.9 Å². The molecule has 0 aliphatic heterocycles. The minimum atomic E-state index is -4.10. The quantitative estimate of drug-likeness (QED) is 0.318. The smallest absolute Gasteiger partial charge is 0.264 e. The Hall–Kier alpha value is -3.65. The summed E-state index contributed by atoms with van der Waals surface area (Å²) in [6.45, 7) is 11.7. The molecule has 214 valence electrons. The molecule has 0 radical (unpaired) electrons. The van der Waals surface area contributed by atoms with Crippen LogP contribution in [-0.2, 0) is 26.2 Å². The minimum absolute atomic E-state index is 0.101. The van der Waals surface area contributed by atoms with Crippen molar-refractivity contribution in [3.05, 3.63) is 94.5 Å². The number of carbonyl (C=O) groups excluding carboxylic acids is 2. The Balaban J connectivity index is 2.10. The zero-order valence-corrected chi connectivity index (χ0v) is 25.2. The Morgan fingerprint density at radius 2 is 1.50 bits per heavy atom. The molecule has 2 amide bonds. The van der Waals surface area contributed by atoms with Gasteiger partial charge in [-0.05, 0) is 75.4 Å². The highest BCUT2D eigenvalue weighted by atomic mass is 32.2. The number of anilines is 1. The van der Waals surface area contributed by atoms with Gasteiger partial charge in [-0.2, -0.15) is 0 Å². The van der Waals surface area contributed by atoms with E-state index in [0.717, 1.165) is 34.2 Å². The highest BCUT2D eigenvalue weighted by Crippen LogP contribution is 2.28. The van der Waals surface area contributed by atoms with Gasteiger partial charge >= 0.3 is 0 Å². The Kier molecular flexibility index (Phi) is 10.5. The lowest BCUT2D eigenvalue weighted by Gasteiger charge is -2.34. The van der Waals surface area contributed by atoms with Crippen LogP contribution in [0.2, 0.25) is 0 Å². The van der Waals surface area contributed by atoms with Crippen LogP contribution in [0.3, 0.4) is 0 Å². The molecule has 3 aromatic rings. The molecular formula is C32H41N3O4S. The standard InChI is InChI=1S/C32H41N3O4S/c1-7-19-33-32(37)29(8-2)34(21-27-12-10-9-11-25(27)5)31(36)22-35(30-18-15-24(4)20-26(30)6)40(38,39)28-16-13-23(3)14-17-28/h9-18,20,29H,7-8,19,21-22H2,1-6H3,(H,33,37)/t29-/m1/s1. The van der Waals surface area contributed by atoms with E-state index in [-0.39, 0.29) is 17.3 Å². The van der Waals surface area contributed by atoms with Gasteiger partial charge < -0.3 is 10.2 Å². The third kappa shape index (κ3) is 7.30. The van der Waals surface area contributed by atoms with Gasteiger partial charge in [0, 0.05) is 13.1 Å². The molecule has 7 nitrogen and oxygen atoms in total. The van der Waals surface area contributed by atoms with Crippen LogP contribution in [0.25, 0.3) is 0 Å². The molecule has 0 aromatic heterocycles. The fourth-order valence-corrected chi connectivity index (χ4v) is 6.17. The third-order valence-electron chi connectivity index (χ3n) is 7.05. The molecule has 0 heterocycles. The molecule has 0 unspecified atom stereocenters. The summed E-state index contributed by atoms with van der Waals surface area (Å²) < 4.78 is 29.3. The number of benzene rings is 3. The van der Waals surface area contributed by atoms with Gasteiger partial charge in [-0.3, -0.25) is 13.9 Å². The molecule has 0 spiro atoms. The number of nitrogens with one attached hydrogen (secondary N) is 1. The lowest BCUT2D eigenvalue weighted by atomic mass is 10.1. The lowest BCUT2D eigenvalue weighted by Crippen LogP contribution is -2.52. The first-order valence-corrected chi connectivity index (χ1v) is 15.2. The predicted octanol–water partition coefficient (Wildman–Crippen LogP) is 5.45. The summed E-state index contributed by atoms with van der Waals surface area (Å²) in [6.07, 6.45) is 1.16. The highest BCUT2D eigenvalue weighted by Gasteiger charge is 2.34. The fourth-order valence-electron chi connectivity index (χ4n) is 4.69. The Bertz CT molecular complexity index is 1430. The van der Waals surface area contributed by atoms with E-state index in [1.165, 1.54) is 9.21 Å². The second-order valence-electron chi connectivity index (χ2n) is 10.3. The van der Waals surface area contributed by atoms with E-state index in [1.54, 1.807) is 30.3 Å². The molecule has 0 fully saturated rings. The lowest BCUT2D eigenvalue weighted by molar-refractivity contribution is -0.140. The summed E-state index contributed by atoms with van der Waals surface area (Å²) in [7, 11) is -4.10. The molecule has 8 heteroatoms. The van der Waals surface area contributed by atoms with E-state index in [2.05, 4.69) is 5.32 Å². The van der Waals surface area contributed by atoms with Crippen LogP contribution in [0.5, 0.6) is 0 Å². The molecule has 3 aromatic carbocycles. The molecule has 3 rings (SSSR count). The fraction of sp³-hybridized carbons (Fsp3) is 0.375. The Labute approximate surface area is 239 Å². The zero-order chi connectivity index (χ0) is 29.4. The van der Waals surface area contributed by atoms with Crippen molar-refractivity contribution in [3.63, 3.8) is 0 Å². The third-order valence-corrected chi connectivity index (χ3v) is 8.82. The van der Waals surface area contributed by atoms with Crippen LogP contribution in [0.1, 0.15) is 54.5 Å². The topological polar surface area (TPSA) is 86.8 Å². The first kappa shape index (κ1) is 30.9. The van der Waals surface area contributed by atoms with Crippen LogP contribution >= 0.6 is 0 Å². The largest absolute Gasteiger partial charge is 0.354 e. The SMILES string of the molecule is CCCNC(=O)[C@@H](CC)N(Cc1ccccc1C)C(=O)CN(c1ccc(C)cc1C)S(=O)(=O)c1ccc(C)cc1. The van der Waals surface area contributed by atoms with Crippen molar-refractivity contribution < 1.29 is 18.0 Å². The van der Waals surface area contributed by atoms with E-state index in [9.17, 15) is 18.0 Å². The van der Waals surface area contributed by atoms with Crippen molar-refractivity contribution in [2.24, 2.45) is 0 Å². The van der Waals surface area contributed by atoms with Gasteiger partial charge in [-0.25, -0.2) is 8.42 Å². The number of sulfonamides is 1. The van der Waals surface area contributed by atoms with Gasteiger partial charge in [0.2, 0.25) is 11.8 Å². The minimum Gasteiger partial charge on any atom is -0.354 e. The van der Waals surface area contributed by atoms with Crippen LogP contribution in [0, 0.1) is 27.7 Å². The normalized spacial score (nSPS) is 12.1. The van der Waals surface area contributed by atoms with Gasteiger partial charge in [-0.1, -0.05) is 73.5 Å². The molecule has 1 atom stereocenters. The maximum atomic E-state index is 14.2. The van der Waals surface area contributed by atoms with Gasteiger partial charge in [0.25, 0.3) is 10.0 Å². The summed E-state index contributed by atoms with van der Waals surface area (Å²) in [5.74, 6) is -0.692. The number of carbonyl (C=O) groups is 2. The van der Waals surface area contributed by atoms with Crippen molar-refractivity contribution >= 4 is 27.5 Å². The number of nitrogens with zero attached hydrogens (tertiary/aromatic N) is 2. The number of rotatable bonds is 12. The van der Waals surface area contributed by atoms with E-state index in [1.807, 2.05) is 77.9 Å². The summed E-state index contributed by atoms with van der Waals surface area (Å²) in [5, 5.41) is 2.92. The van der Waals surface area contributed by atoms with E-state index in [4.69, 9.17) is 0 Å².